The summed E-state index contributed by atoms with van der Waals surface area (Å²) < 4.78 is 0. The van der Waals surface area contributed by atoms with Crippen LogP contribution in [-0.2, 0) is 9.59 Å². The van der Waals surface area contributed by atoms with Crippen molar-refractivity contribution in [2.75, 3.05) is 30.3 Å². The van der Waals surface area contributed by atoms with Gasteiger partial charge in [-0.3, -0.25) is 14.5 Å². The first-order valence-electron chi connectivity index (χ1n) is 6.36. The Hall–Kier alpha value is -2.28. The van der Waals surface area contributed by atoms with Crippen LogP contribution in [0.3, 0.4) is 0 Å². The molecule has 3 N–H and O–H groups in total. The van der Waals surface area contributed by atoms with E-state index in [-0.39, 0.29) is 24.4 Å². The van der Waals surface area contributed by atoms with E-state index in [0.29, 0.717) is 29.5 Å². The lowest BCUT2D eigenvalue weighted by Crippen LogP contribution is -2.38. The number of anilines is 2. The molecular formula is C13H15ClN4O3. The molecular weight excluding hydrogens is 296 g/mol. The molecule has 1 aromatic rings. The standard InChI is InChI=1S/C13H15ClN4O3/c1-8(19)17-11-6-9(14)2-3-10(11)16-7-12(20)18-5-4-15-13(18)21/h2-3,6,16H,4-5,7H2,1H3,(H,15,21)(H,17,19). The Morgan fingerprint density at radius 1 is 1.38 bits per heavy atom. The number of carbonyl (C=O) groups is 3. The summed E-state index contributed by atoms with van der Waals surface area (Å²) in [6.45, 7) is 2.15. The van der Waals surface area contributed by atoms with Crippen molar-refractivity contribution in [3.8, 4) is 0 Å². The van der Waals surface area contributed by atoms with Crippen LogP contribution >= 0.6 is 11.6 Å². The van der Waals surface area contributed by atoms with Crippen LogP contribution in [0.1, 0.15) is 6.92 Å². The molecule has 1 aliphatic heterocycles. The lowest BCUT2D eigenvalue weighted by Gasteiger charge is -2.15. The predicted molar refractivity (Wildman–Crippen MR) is 79.4 cm³/mol. The molecule has 2 rings (SSSR count). The zero-order chi connectivity index (χ0) is 15.4. The van der Waals surface area contributed by atoms with Gasteiger partial charge >= 0.3 is 6.03 Å². The van der Waals surface area contributed by atoms with E-state index in [0.717, 1.165) is 4.90 Å². The minimum absolute atomic E-state index is 0.0539. The predicted octanol–water partition coefficient (Wildman–Crippen LogP) is 1.26. The summed E-state index contributed by atoms with van der Waals surface area (Å²) in [6.07, 6.45) is 0. The van der Waals surface area contributed by atoms with Crippen molar-refractivity contribution in [1.82, 2.24) is 10.2 Å². The molecule has 0 radical (unpaired) electrons. The van der Waals surface area contributed by atoms with Crippen LogP contribution in [0.25, 0.3) is 0 Å². The van der Waals surface area contributed by atoms with Gasteiger partial charge in [0.15, 0.2) is 0 Å². The molecule has 1 aromatic carbocycles. The zero-order valence-corrected chi connectivity index (χ0v) is 12.2. The molecule has 1 fully saturated rings. The lowest BCUT2D eigenvalue weighted by atomic mass is 10.2. The van der Waals surface area contributed by atoms with E-state index in [1.165, 1.54) is 6.92 Å². The normalized spacial score (nSPS) is 13.8. The average molecular weight is 311 g/mol. The molecule has 0 unspecified atom stereocenters. The molecule has 0 aromatic heterocycles. The SMILES string of the molecule is CC(=O)Nc1cc(Cl)ccc1NCC(=O)N1CCNC1=O. The fraction of sp³-hybridized carbons (Fsp3) is 0.308. The molecule has 7 nitrogen and oxygen atoms in total. The van der Waals surface area contributed by atoms with Crippen LogP contribution < -0.4 is 16.0 Å². The van der Waals surface area contributed by atoms with Gasteiger partial charge in [0, 0.05) is 25.0 Å². The molecule has 4 amide bonds. The minimum atomic E-state index is -0.389. The van der Waals surface area contributed by atoms with Gasteiger partial charge in [0.2, 0.25) is 11.8 Å². The van der Waals surface area contributed by atoms with Gasteiger partial charge in [-0.1, -0.05) is 11.6 Å². The number of benzene rings is 1. The minimum Gasteiger partial charge on any atom is -0.374 e. The first-order chi connectivity index (χ1) is 9.97. The smallest absolute Gasteiger partial charge is 0.324 e. The maximum Gasteiger partial charge on any atom is 0.324 e. The van der Waals surface area contributed by atoms with Crippen molar-refractivity contribution in [3.63, 3.8) is 0 Å². The van der Waals surface area contributed by atoms with E-state index in [1.54, 1.807) is 18.2 Å². The van der Waals surface area contributed by atoms with Crippen LogP contribution in [0.2, 0.25) is 5.02 Å². The van der Waals surface area contributed by atoms with Gasteiger partial charge in [-0.2, -0.15) is 0 Å². The Morgan fingerprint density at radius 2 is 2.14 bits per heavy atom. The van der Waals surface area contributed by atoms with Gasteiger partial charge in [-0.25, -0.2) is 4.79 Å². The maximum atomic E-state index is 11.9. The molecule has 0 saturated carbocycles. The number of hydrogen-bond acceptors (Lipinski definition) is 4. The Kier molecular flexibility index (Phi) is 4.64. The average Bonchev–Trinajstić information content (AvgIpc) is 2.83. The second-order valence-electron chi connectivity index (χ2n) is 4.50. The number of urea groups is 1. The first kappa shape index (κ1) is 15.1. The summed E-state index contributed by atoms with van der Waals surface area (Å²) in [7, 11) is 0. The number of rotatable bonds is 4. The van der Waals surface area contributed by atoms with Crippen molar-refractivity contribution >= 4 is 40.8 Å². The van der Waals surface area contributed by atoms with Crippen molar-refractivity contribution in [1.29, 1.82) is 0 Å². The molecule has 0 spiro atoms. The summed E-state index contributed by atoms with van der Waals surface area (Å²) in [5, 5.41) is 8.55. The quantitative estimate of drug-likeness (QED) is 0.781. The summed E-state index contributed by atoms with van der Waals surface area (Å²) in [6, 6.07) is 4.49. The first-order valence-corrected chi connectivity index (χ1v) is 6.74. The Labute approximate surface area is 126 Å². The number of nitrogens with zero attached hydrogens (tertiary/aromatic N) is 1. The van der Waals surface area contributed by atoms with E-state index in [9.17, 15) is 14.4 Å². The topological polar surface area (TPSA) is 90.5 Å². The summed E-state index contributed by atoms with van der Waals surface area (Å²) in [4.78, 5) is 35.6. The third kappa shape index (κ3) is 3.85. The number of halogens is 1. The van der Waals surface area contributed by atoms with Crippen molar-refractivity contribution < 1.29 is 14.4 Å². The molecule has 1 aliphatic rings. The van der Waals surface area contributed by atoms with E-state index in [4.69, 9.17) is 11.6 Å². The molecule has 1 heterocycles. The highest BCUT2D eigenvalue weighted by molar-refractivity contribution is 6.31. The summed E-state index contributed by atoms with van der Waals surface area (Å²) in [5.74, 6) is -0.584. The maximum absolute atomic E-state index is 11.9. The monoisotopic (exact) mass is 310 g/mol. The van der Waals surface area contributed by atoms with Crippen LogP contribution in [0.15, 0.2) is 18.2 Å². The van der Waals surface area contributed by atoms with Crippen LogP contribution in [0.5, 0.6) is 0 Å². The largest absolute Gasteiger partial charge is 0.374 e. The number of amides is 4. The highest BCUT2D eigenvalue weighted by Gasteiger charge is 2.25. The Balaban J connectivity index is 2.03. The fourth-order valence-corrected chi connectivity index (χ4v) is 2.11. The molecule has 8 heteroatoms. The third-order valence-corrected chi connectivity index (χ3v) is 3.12. The number of nitrogens with one attached hydrogen (secondary N) is 3. The van der Waals surface area contributed by atoms with Crippen LogP contribution in [-0.4, -0.2) is 42.4 Å². The number of carbonyl (C=O) groups excluding carboxylic acids is 3. The summed E-state index contributed by atoms with van der Waals surface area (Å²) >= 11 is 5.88. The second-order valence-corrected chi connectivity index (χ2v) is 4.94. The molecule has 21 heavy (non-hydrogen) atoms. The molecule has 0 aliphatic carbocycles. The molecule has 0 atom stereocenters. The highest BCUT2D eigenvalue weighted by atomic mass is 35.5. The van der Waals surface area contributed by atoms with Crippen LogP contribution in [0, 0.1) is 0 Å². The fourth-order valence-electron chi connectivity index (χ4n) is 1.94. The number of hydrogen-bond donors (Lipinski definition) is 3. The molecule has 112 valence electrons. The second kappa shape index (κ2) is 6.45. The third-order valence-electron chi connectivity index (χ3n) is 2.88. The van der Waals surface area contributed by atoms with Gasteiger partial charge < -0.3 is 16.0 Å². The van der Waals surface area contributed by atoms with E-state index >= 15 is 0 Å². The van der Waals surface area contributed by atoms with E-state index in [1.807, 2.05) is 0 Å². The zero-order valence-electron chi connectivity index (χ0n) is 11.4. The van der Waals surface area contributed by atoms with Gasteiger partial charge in [0.1, 0.15) is 0 Å². The van der Waals surface area contributed by atoms with Gasteiger partial charge in [0.25, 0.3) is 0 Å². The lowest BCUT2D eigenvalue weighted by molar-refractivity contribution is -0.125. The highest BCUT2D eigenvalue weighted by Crippen LogP contribution is 2.25. The van der Waals surface area contributed by atoms with Crippen molar-refractivity contribution in [2.45, 2.75) is 6.92 Å². The van der Waals surface area contributed by atoms with Gasteiger partial charge in [-0.05, 0) is 18.2 Å². The van der Waals surface area contributed by atoms with E-state index in [2.05, 4.69) is 16.0 Å². The van der Waals surface area contributed by atoms with E-state index < -0.39 is 0 Å². The Bertz CT molecular complexity index is 591. The van der Waals surface area contributed by atoms with Gasteiger partial charge in [-0.15, -0.1) is 0 Å². The Morgan fingerprint density at radius 3 is 2.76 bits per heavy atom. The van der Waals surface area contributed by atoms with Gasteiger partial charge in [0.05, 0.1) is 17.9 Å². The molecule has 0 bridgehead atoms. The van der Waals surface area contributed by atoms with Crippen molar-refractivity contribution in [2.24, 2.45) is 0 Å². The molecule has 1 saturated heterocycles. The van der Waals surface area contributed by atoms with Crippen molar-refractivity contribution in [3.05, 3.63) is 23.2 Å². The number of imide groups is 1. The van der Waals surface area contributed by atoms with Crippen LogP contribution in [0.4, 0.5) is 16.2 Å². The summed E-state index contributed by atoms with van der Waals surface area (Å²) in [5.41, 5.74) is 1.04.